The summed E-state index contributed by atoms with van der Waals surface area (Å²) in [5, 5.41) is 4.65. The SMILES string of the molecule is COC(=O)c1cc(Cl)ccc1Nc1ccc2c(ccn2Cc2cccc(OC(F)F)c2)c1. The predicted octanol–water partition coefficient (Wildman–Crippen LogP) is 6.47. The van der Waals surface area contributed by atoms with Gasteiger partial charge in [-0.3, -0.25) is 0 Å². The van der Waals surface area contributed by atoms with Crippen LogP contribution in [0.2, 0.25) is 5.02 Å². The second-order valence-corrected chi connectivity index (χ2v) is 7.49. The van der Waals surface area contributed by atoms with Crippen molar-refractivity contribution in [2.45, 2.75) is 13.2 Å². The number of carbonyl (C=O) groups is 1. The van der Waals surface area contributed by atoms with E-state index in [-0.39, 0.29) is 5.75 Å². The largest absolute Gasteiger partial charge is 0.465 e. The number of halogens is 3. The molecule has 4 rings (SSSR count). The van der Waals surface area contributed by atoms with E-state index in [2.05, 4.69) is 10.1 Å². The highest BCUT2D eigenvalue weighted by molar-refractivity contribution is 6.31. The summed E-state index contributed by atoms with van der Waals surface area (Å²) in [5.41, 5.74) is 3.52. The van der Waals surface area contributed by atoms with Gasteiger partial charge in [0.1, 0.15) is 5.75 Å². The second kappa shape index (κ2) is 9.28. The summed E-state index contributed by atoms with van der Waals surface area (Å²) in [6, 6.07) is 19.4. The maximum atomic E-state index is 12.5. The van der Waals surface area contributed by atoms with Gasteiger partial charge in [-0.1, -0.05) is 23.7 Å². The first kappa shape index (κ1) is 21.6. The molecule has 0 radical (unpaired) electrons. The number of nitrogens with zero attached hydrogens (tertiary/aromatic N) is 1. The highest BCUT2D eigenvalue weighted by Gasteiger charge is 2.13. The van der Waals surface area contributed by atoms with Crippen molar-refractivity contribution >= 4 is 39.8 Å². The van der Waals surface area contributed by atoms with Gasteiger partial charge in [0, 0.05) is 34.4 Å². The Morgan fingerprint density at radius 1 is 1.09 bits per heavy atom. The van der Waals surface area contributed by atoms with Crippen LogP contribution in [-0.4, -0.2) is 24.3 Å². The molecule has 0 bridgehead atoms. The Kier molecular flexibility index (Phi) is 6.28. The zero-order chi connectivity index (χ0) is 22.7. The van der Waals surface area contributed by atoms with Gasteiger partial charge >= 0.3 is 12.6 Å². The number of hydrogen-bond acceptors (Lipinski definition) is 4. The Hall–Kier alpha value is -3.58. The van der Waals surface area contributed by atoms with E-state index in [4.69, 9.17) is 16.3 Å². The van der Waals surface area contributed by atoms with Crippen molar-refractivity contribution in [1.82, 2.24) is 4.57 Å². The molecule has 0 amide bonds. The van der Waals surface area contributed by atoms with Gasteiger partial charge in [0.25, 0.3) is 0 Å². The number of benzene rings is 3. The van der Waals surface area contributed by atoms with E-state index in [0.29, 0.717) is 22.8 Å². The molecular formula is C24H19ClF2N2O3. The molecule has 1 aromatic heterocycles. The summed E-state index contributed by atoms with van der Waals surface area (Å²) in [4.78, 5) is 12.1. The van der Waals surface area contributed by atoms with Gasteiger partial charge in [-0.05, 0) is 60.2 Å². The second-order valence-electron chi connectivity index (χ2n) is 7.05. The smallest absolute Gasteiger partial charge is 0.387 e. The van der Waals surface area contributed by atoms with Gasteiger partial charge in [0.2, 0.25) is 0 Å². The number of carbonyl (C=O) groups excluding carboxylic acids is 1. The average Bonchev–Trinajstić information content (AvgIpc) is 3.16. The lowest BCUT2D eigenvalue weighted by atomic mass is 10.1. The van der Waals surface area contributed by atoms with Crippen LogP contribution >= 0.6 is 11.6 Å². The summed E-state index contributed by atoms with van der Waals surface area (Å²) in [7, 11) is 1.32. The van der Waals surface area contributed by atoms with Crippen LogP contribution in [-0.2, 0) is 11.3 Å². The number of alkyl halides is 2. The van der Waals surface area contributed by atoms with Crippen molar-refractivity contribution in [3.63, 3.8) is 0 Å². The molecule has 0 atom stereocenters. The molecule has 164 valence electrons. The summed E-state index contributed by atoms with van der Waals surface area (Å²) in [6.07, 6.45) is 1.93. The van der Waals surface area contributed by atoms with Crippen LogP contribution in [0.5, 0.6) is 5.75 Å². The Morgan fingerprint density at radius 3 is 2.72 bits per heavy atom. The molecule has 1 N–H and O–H groups in total. The minimum atomic E-state index is -2.86. The van der Waals surface area contributed by atoms with E-state index in [9.17, 15) is 13.6 Å². The quantitative estimate of drug-likeness (QED) is 0.323. The zero-order valence-corrected chi connectivity index (χ0v) is 17.8. The van der Waals surface area contributed by atoms with Crippen LogP contribution in [0.4, 0.5) is 20.2 Å². The summed E-state index contributed by atoms with van der Waals surface area (Å²) in [6.45, 7) is -2.36. The number of ether oxygens (including phenoxy) is 2. The number of nitrogens with one attached hydrogen (secondary N) is 1. The lowest BCUT2D eigenvalue weighted by Crippen LogP contribution is -2.05. The van der Waals surface area contributed by atoms with Gasteiger partial charge < -0.3 is 19.4 Å². The van der Waals surface area contributed by atoms with Crippen LogP contribution in [0.25, 0.3) is 10.9 Å². The molecular weight excluding hydrogens is 438 g/mol. The maximum absolute atomic E-state index is 12.5. The van der Waals surface area contributed by atoms with E-state index >= 15 is 0 Å². The van der Waals surface area contributed by atoms with Crippen molar-refractivity contribution in [3.8, 4) is 5.75 Å². The van der Waals surface area contributed by atoms with Crippen molar-refractivity contribution in [2.24, 2.45) is 0 Å². The fraction of sp³-hybridized carbons (Fsp3) is 0.125. The third-order valence-electron chi connectivity index (χ3n) is 4.91. The monoisotopic (exact) mass is 456 g/mol. The zero-order valence-electron chi connectivity index (χ0n) is 17.0. The summed E-state index contributed by atoms with van der Waals surface area (Å²) >= 11 is 6.02. The van der Waals surface area contributed by atoms with Crippen LogP contribution in [0.3, 0.4) is 0 Å². The van der Waals surface area contributed by atoms with Crippen LogP contribution in [0.15, 0.2) is 72.9 Å². The molecule has 0 aliphatic carbocycles. The minimum absolute atomic E-state index is 0.129. The molecule has 1 heterocycles. The molecule has 0 saturated heterocycles. The van der Waals surface area contributed by atoms with Crippen molar-refractivity contribution in [3.05, 3.63) is 89.1 Å². The van der Waals surface area contributed by atoms with Gasteiger partial charge in [0.05, 0.1) is 18.4 Å². The Morgan fingerprint density at radius 2 is 1.94 bits per heavy atom. The number of anilines is 2. The third-order valence-corrected chi connectivity index (χ3v) is 5.15. The third kappa shape index (κ3) is 4.84. The molecule has 0 fully saturated rings. The summed E-state index contributed by atoms with van der Waals surface area (Å²) < 4.78 is 36.3. The molecule has 3 aromatic carbocycles. The van der Waals surface area contributed by atoms with Crippen LogP contribution < -0.4 is 10.1 Å². The molecule has 0 spiro atoms. The summed E-state index contributed by atoms with van der Waals surface area (Å²) in [5.74, 6) is -0.356. The Labute approximate surface area is 188 Å². The number of aromatic nitrogens is 1. The van der Waals surface area contributed by atoms with Crippen molar-refractivity contribution in [2.75, 3.05) is 12.4 Å². The van der Waals surface area contributed by atoms with E-state index in [1.54, 1.807) is 30.3 Å². The van der Waals surface area contributed by atoms with Gasteiger partial charge in [-0.2, -0.15) is 8.78 Å². The number of esters is 1. The fourth-order valence-corrected chi connectivity index (χ4v) is 3.66. The highest BCUT2D eigenvalue weighted by Crippen LogP contribution is 2.28. The number of methoxy groups -OCH3 is 1. The lowest BCUT2D eigenvalue weighted by molar-refractivity contribution is -0.0498. The number of rotatable bonds is 7. The van der Waals surface area contributed by atoms with E-state index in [0.717, 1.165) is 22.2 Å². The van der Waals surface area contributed by atoms with Crippen LogP contribution in [0, 0.1) is 0 Å². The van der Waals surface area contributed by atoms with Gasteiger partial charge in [0.15, 0.2) is 0 Å². The predicted molar refractivity (Wildman–Crippen MR) is 120 cm³/mol. The van der Waals surface area contributed by atoms with Gasteiger partial charge in [-0.25, -0.2) is 4.79 Å². The Balaban J connectivity index is 1.57. The highest BCUT2D eigenvalue weighted by atomic mass is 35.5. The standard InChI is InChI=1S/C24H19ClF2N2O3/c1-31-23(30)20-13-17(25)5-7-21(20)28-18-6-8-22-16(12-18)9-10-29(22)14-15-3-2-4-19(11-15)32-24(26)27/h2-13,24,28H,14H2,1H3. The normalized spacial score (nSPS) is 11.0. The lowest BCUT2D eigenvalue weighted by Gasteiger charge is -2.12. The fourth-order valence-electron chi connectivity index (χ4n) is 3.49. The topological polar surface area (TPSA) is 52.5 Å². The first-order valence-corrected chi connectivity index (χ1v) is 10.1. The molecule has 0 unspecified atom stereocenters. The van der Waals surface area contributed by atoms with E-state index in [1.165, 1.54) is 13.2 Å². The number of hydrogen-bond donors (Lipinski definition) is 1. The molecule has 0 saturated carbocycles. The molecule has 8 heteroatoms. The van der Waals surface area contributed by atoms with Gasteiger partial charge in [-0.15, -0.1) is 0 Å². The molecule has 0 aliphatic heterocycles. The molecule has 32 heavy (non-hydrogen) atoms. The van der Waals surface area contributed by atoms with E-state index in [1.807, 2.05) is 41.1 Å². The van der Waals surface area contributed by atoms with Crippen molar-refractivity contribution < 1.29 is 23.0 Å². The van der Waals surface area contributed by atoms with E-state index < -0.39 is 12.6 Å². The molecule has 0 aliphatic rings. The first-order valence-electron chi connectivity index (χ1n) is 9.70. The maximum Gasteiger partial charge on any atom is 0.387 e. The van der Waals surface area contributed by atoms with Crippen molar-refractivity contribution in [1.29, 1.82) is 0 Å². The average molecular weight is 457 g/mol. The molecule has 4 aromatic rings. The first-order chi connectivity index (χ1) is 15.4. The number of fused-ring (bicyclic) bond motifs is 1. The minimum Gasteiger partial charge on any atom is -0.465 e. The molecule has 5 nitrogen and oxygen atoms in total. The Bertz CT molecular complexity index is 1270. The van der Waals surface area contributed by atoms with Crippen LogP contribution in [0.1, 0.15) is 15.9 Å².